The van der Waals surface area contributed by atoms with E-state index in [1.54, 1.807) is 0 Å². The van der Waals surface area contributed by atoms with E-state index in [0.29, 0.717) is 11.8 Å². The number of aromatic nitrogens is 4. The highest BCUT2D eigenvalue weighted by atomic mass is 16.3. The minimum Gasteiger partial charge on any atom is -0.393 e. The number of aromatic amines is 1. The van der Waals surface area contributed by atoms with E-state index in [0.717, 1.165) is 57.2 Å². The Morgan fingerprint density at radius 1 is 1.04 bits per heavy atom. The lowest BCUT2D eigenvalue weighted by atomic mass is 9.85. The lowest BCUT2D eigenvalue weighted by Crippen LogP contribution is -2.21. The van der Waals surface area contributed by atoms with E-state index < -0.39 is 0 Å². The molecule has 0 radical (unpaired) electrons. The molecule has 1 aromatic heterocycles. The molecule has 6 nitrogen and oxygen atoms in total. The number of aliphatic hydroxyl groups excluding tert-OH is 2. The first-order valence-corrected chi connectivity index (χ1v) is 10.8. The second-order valence-corrected chi connectivity index (χ2v) is 8.29. The van der Waals surface area contributed by atoms with Gasteiger partial charge in [0.2, 0.25) is 0 Å². The zero-order valence-corrected chi connectivity index (χ0v) is 16.7. The molecule has 0 spiro atoms. The molecule has 1 aliphatic rings. The summed E-state index contributed by atoms with van der Waals surface area (Å²) in [6.45, 7) is 0. The number of rotatable bonds is 12. The Hall–Kier alpha value is -1.79. The van der Waals surface area contributed by atoms with Crippen LogP contribution in [0.4, 0.5) is 0 Å². The Morgan fingerprint density at radius 3 is 2.64 bits per heavy atom. The number of aliphatic hydroxyl groups is 2. The normalized spacial score (nSPS) is 23.1. The molecular weight excluding hydrogens is 352 g/mol. The van der Waals surface area contributed by atoms with Crippen LogP contribution in [-0.4, -0.2) is 43.0 Å². The van der Waals surface area contributed by atoms with Crippen molar-refractivity contribution in [2.75, 3.05) is 0 Å². The Balaban J connectivity index is 1.31. The van der Waals surface area contributed by atoms with Gasteiger partial charge in [-0.15, -0.1) is 5.10 Å². The van der Waals surface area contributed by atoms with Crippen LogP contribution in [0.5, 0.6) is 0 Å². The van der Waals surface area contributed by atoms with Crippen molar-refractivity contribution in [2.24, 2.45) is 11.8 Å². The van der Waals surface area contributed by atoms with Crippen molar-refractivity contribution in [3.8, 4) is 0 Å². The van der Waals surface area contributed by atoms with E-state index in [2.05, 4.69) is 32.8 Å². The number of nitrogens with one attached hydrogen (secondary N) is 1. The number of unbranched alkanes of at least 4 members (excludes halogenated alkanes) is 3. The van der Waals surface area contributed by atoms with E-state index in [1.165, 1.54) is 24.8 Å². The molecule has 1 heterocycles. The summed E-state index contributed by atoms with van der Waals surface area (Å²) in [4.78, 5) is 0. The SMILES string of the molecule is OC(CCC1CCC(O)C1CCCCCCc1nnn[nH]1)Cc1ccccc1. The third kappa shape index (κ3) is 6.67. The van der Waals surface area contributed by atoms with Gasteiger partial charge in [-0.3, -0.25) is 0 Å². The Labute approximate surface area is 167 Å². The highest BCUT2D eigenvalue weighted by Crippen LogP contribution is 2.39. The quantitative estimate of drug-likeness (QED) is 0.486. The monoisotopic (exact) mass is 386 g/mol. The van der Waals surface area contributed by atoms with Crippen molar-refractivity contribution < 1.29 is 10.2 Å². The summed E-state index contributed by atoms with van der Waals surface area (Å²) in [6, 6.07) is 10.2. The average molecular weight is 387 g/mol. The maximum atomic E-state index is 10.4. The number of tetrazole rings is 1. The number of nitrogens with zero attached hydrogens (tertiary/aromatic N) is 3. The van der Waals surface area contributed by atoms with Crippen LogP contribution in [-0.2, 0) is 12.8 Å². The number of hydrogen-bond donors (Lipinski definition) is 3. The standard InChI is InChI=1S/C22H34N4O2/c27-19(16-17-8-4-3-5-9-17)14-12-18-13-15-21(28)20(18)10-6-1-2-7-11-22-23-25-26-24-22/h3-5,8-9,18-21,27-28H,1-2,6-7,10-16H2,(H,23,24,25,26). The number of benzene rings is 1. The molecule has 0 bridgehead atoms. The minimum absolute atomic E-state index is 0.156. The zero-order valence-electron chi connectivity index (χ0n) is 16.7. The molecule has 3 rings (SSSR count). The van der Waals surface area contributed by atoms with Crippen molar-refractivity contribution in [1.29, 1.82) is 0 Å². The minimum atomic E-state index is -0.286. The molecule has 0 aliphatic heterocycles. The van der Waals surface area contributed by atoms with Crippen molar-refractivity contribution in [2.45, 2.75) is 82.8 Å². The van der Waals surface area contributed by atoms with Gasteiger partial charge in [-0.05, 0) is 72.8 Å². The summed E-state index contributed by atoms with van der Waals surface area (Å²) in [5.41, 5.74) is 1.19. The third-order valence-electron chi connectivity index (χ3n) is 6.21. The van der Waals surface area contributed by atoms with Gasteiger partial charge < -0.3 is 10.2 Å². The van der Waals surface area contributed by atoms with Gasteiger partial charge >= 0.3 is 0 Å². The molecule has 2 aromatic rings. The average Bonchev–Trinajstić information content (AvgIpc) is 3.34. The molecule has 6 heteroatoms. The molecule has 28 heavy (non-hydrogen) atoms. The predicted molar refractivity (Wildman–Crippen MR) is 109 cm³/mol. The molecule has 0 saturated heterocycles. The maximum absolute atomic E-state index is 10.4. The lowest BCUT2D eigenvalue weighted by molar-refractivity contribution is 0.0988. The Kier molecular flexibility index (Phi) is 8.42. The largest absolute Gasteiger partial charge is 0.393 e. The summed E-state index contributed by atoms with van der Waals surface area (Å²) in [6.07, 6.45) is 10.8. The van der Waals surface area contributed by atoms with E-state index in [1.807, 2.05) is 18.2 Å². The third-order valence-corrected chi connectivity index (χ3v) is 6.21. The second kappa shape index (κ2) is 11.3. The van der Waals surface area contributed by atoms with Gasteiger partial charge in [0, 0.05) is 6.42 Å². The van der Waals surface area contributed by atoms with Gasteiger partial charge in [0.15, 0.2) is 0 Å². The number of H-pyrrole nitrogens is 1. The van der Waals surface area contributed by atoms with Crippen molar-refractivity contribution >= 4 is 0 Å². The Morgan fingerprint density at radius 2 is 1.86 bits per heavy atom. The van der Waals surface area contributed by atoms with Crippen LogP contribution in [0.2, 0.25) is 0 Å². The Bertz CT molecular complexity index is 650. The zero-order chi connectivity index (χ0) is 19.6. The van der Waals surface area contributed by atoms with Gasteiger partial charge in [-0.1, -0.05) is 49.6 Å². The van der Waals surface area contributed by atoms with E-state index in [4.69, 9.17) is 0 Å². The highest BCUT2D eigenvalue weighted by molar-refractivity contribution is 5.15. The predicted octanol–water partition coefficient (Wildman–Crippen LogP) is 3.46. The maximum Gasteiger partial charge on any atom is 0.148 e. The first-order valence-electron chi connectivity index (χ1n) is 10.8. The molecule has 1 aliphatic carbocycles. The molecule has 0 amide bonds. The van der Waals surface area contributed by atoms with Crippen LogP contribution in [0.1, 0.15) is 69.2 Å². The fourth-order valence-electron chi connectivity index (χ4n) is 4.62. The van der Waals surface area contributed by atoms with Gasteiger partial charge in [0.05, 0.1) is 12.2 Å². The van der Waals surface area contributed by atoms with Crippen molar-refractivity contribution in [1.82, 2.24) is 20.6 Å². The summed E-state index contributed by atoms with van der Waals surface area (Å²) in [7, 11) is 0. The van der Waals surface area contributed by atoms with Crippen LogP contribution in [0.3, 0.4) is 0 Å². The smallest absolute Gasteiger partial charge is 0.148 e. The van der Waals surface area contributed by atoms with Gasteiger partial charge in [0.1, 0.15) is 5.82 Å². The molecule has 3 N–H and O–H groups in total. The summed E-state index contributed by atoms with van der Waals surface area (Å²) in [5, 5.41) is 34.7. The molecule has 1 fully saturated rings. The van der Waals surface area contributed by atoms with Crippen LogP contribution >= 0.6 is 0 Å². The van der Waals surface area contributed by atoms with Gasteiger partial charge in [0.25, 0.3) is 0 Å². The van der Waals surface area contributed by atoms with Crippen LogP contribution in [0.25, 0.3) is 0 Å². The second-order valence-electron chi connectivity index (χ2n) is 8.29. The summed E-state index contributed by atoms with van der Waals surface area (Å²) in [5.74, 6) is 1.82. The fraction of sp³-hybridized carbons (Fsp3) is 0.682. The van der Waals surface area contributed by atoms with Crippen molar-refractivity contribution in [3.05, 3.63) is 41.7 Å². The summed E-state index contributed by atoms with van der Waals surface area (Å²) < 4.78 is 0. The molecule has 1 saturated carbocycles. The highest BCUT2D eigenvalue weighted by Gasteiger charge is 2.34. The number of aryl methyl sites for hydroxylation is 1. The van der Waals surface area contributed by atoms with E-state index in [-0.39, 0.29) is 12.2 Å². The topological polar surface area (TPSA) is 94.9 Å². The molecule has 4 atom stereocenters. The van der Waals surface area contributed by atoms with Crippen LogP contribution < -0.4 is 0 Å². The number of hydrogen-bond acceptors (Lipinski definition) is 5. The first kappa shape index (κ1) is 20.9. The molecule has 4 unspecified atom stereocenters. The van der Waals surface area contributed by atoms with Crippen LogP contribution in [0.15, 0.2) is 30.3 Å². The van der Waals surface area contributed by atoms with Gasteiger partial charge in [-0.25, -0.2) is 5.10 Å². The van der Waals surface area contributed by atoms with E-state index in [9.17, 15) is 10.2 Å². The van der Waals surface area contributed by atoms with Crippen molar-refractivity contribution in [3.63, 3.8) is 0 Å². The fourth-order valence-corrected chi connectivity index (χ4v) is 4.62. The summed E-state index contributed by atoms with van der Waals surface area (Å²) >= 11 is 0. The molecule has 154 valence electrons. The first-order chi connectivity index (χ1) is 13.7. The lowest BCUT2D eigenvalue weighted by Gasteiger charge is -2.23. The van der Waals surface area contributed by atoms with E-state index >= 15 is 0 Å². The molecular formula is C22H34N4O2. The van der Waals surface area contributed by atoms with Gasteiger partial charge in [-0.2, -0.15) is 0 Å². The molecule has 1 aromatic carbocycles. The van der Waals surface area contributed by atoms with Crippen LogP contribution in [0, 0.1) is 11.8 Å².